The summed E-state index contributed by atoms with van der Waals surface area (Å²) >= 11 is 0. The van der Waals surface area contributed by atoms with Crippen LogP contribution in [0.1, 0.15) is 89.6 Å². The number of aromatic nitrogens is 3. The number of nitriles is 1. The molecule has 4 aromatic rings. The average molecular weight is 652 g/mol. The number of piperidine rings is 1. The van der Waals surface area contributed by atoms with Crippen molar-refractivity contribution in [2.75, 3.05) is 24.6 Å². The number of carboxylic acids is 1. The van der Waals surface area contributed by atoms with Crippen LogP contribution >= 0.6 is 0 Å². The molecule has 0 saturated carbocycles. The molecule has 3 aliphatic heterocycles. The molecule has 2 aromatic heterocycles. The van der Waals surface area contributed by atoms with Crippen LogP contribution in [0.4, 0.5) is 5.82 Å². The molecule has 1 saturated heterocycles. The Kier molecular flexibility index (Phi) is 9.20. The Bertz CT molecular complexity index is 1860. The van der Waals surface area contributed by atoms with Gasteiger partial charge in [0.15, 0.2) is 11.8 Å². The second kappa shape index (κ2) is 13.2. The summed E-state index contributed by atoms with van der Waals surface area (Å²) in [5, 5.41) is 25.3. The number of rotatable bonds is 3. The van der Waals surface area contributed by atoms with Gasteiger partial charge in [-0.25, -0.2) is 9.78 Å². The van der Waals surface area contributed by atoms with E-state index >= 15 is 0 Å². The van der Waals surface area contributed by atoms with E-state index in [1.54, 1.807) is 10.6 Å². The maximum absolute atomic E-state index is 12.8. The first kappa shape index (κ1) is 33.4. The van der Waals surface area contributed by atoms with Crippen LogP contribution in [0.3, 0.4) is 0 Å². The first-order valence-corrected chi connectivity index (χ1v) is 16.9. The fourth-order valence-electron chi connectivity index (χ4n) is 6.69. The van der Waals surface area contributed by atoms with E-state index in [9.17, 15) is 15.2 Å². The van der Waals surface area contributed by atoms with Crippen molar-refractivity contribution in [1.82, 2.24) is 14.6 Å². The van der Waals surface area contributed by atoms with Crippen LogP contribution in [0, 0.1) is 18.3 Å². The average Bonchev–Trinajstić information content (AvgIpc) is 3.46. The first-order valence-electron chi connectivity index (χ1n) is 16.9. The minimum absolute atomic E-state index is 0.0125. The maximum atomic E-state index is 12.8. The molecule has 1 N–H and O–H groups in total. The number of fused-ring (bicyclic) bond motifs is 8. The lowest BCUT2D eigenvalue weighted by molar-refractivity contribution is -0.160. The standard InChI is InChI=1S/C38H45N5O5/c1-24-10-7-8-19-46-38(6)15-17-42(18-16-38)35-33(34(36(44)45)48-37(3,4)5)25(2)40-32-22-30(41-43(32)35)28-12-9-11-27(21-28)29-20-26(23-39)13-14-31(29)47-24/h9,11-14,20-22,24,34H,7-8,10,15-19H2,1-6H3,(H,44,45)/t24-,34+/m1/s1. The lowest BCUT2D eigenvalue weighted by Crippen LogP contribution is -2.46. The first-order chi connectivity index (χ1) is 22.8. The third-order valence-corrected chi connectivity index (χ3v) is 9.24. The number of benzene rings is 2. The molecule has 3 aliphatic rings. The summed E-state index contributed by atoms with van der Waals surface area (Å²) in [5.41, 5.74) is 4.54. The molecule has 6 bridgehead atoms. The van der Waals surface area contributed by atoms with Gasteiger partial charge in [0.1, 0.15) is 11.6 Å². The Morgan fingerprint density at radius 3 is 2.58 bits per heavy atom. The minimum atomic E-state index is -1.24. The van der Waals surface area contributed by atoms with Crippen LogP contribution < -0.4 is 9.64 Å². The summed E-state index contributed by atoms with van der Waals surface area (Å²) in [5.74, 6) is 0.327. The molecular weight excluding hydrogens is 606 g/mol. The summed E-state index contributed by atoms with van der Waals surface area (Å²) in [6.07, 6.45) is 3.08. The summed E-state index contributed by atoms with van der Waals surface area (Å²) in [6, 6.07) is 17.8. The van der Waals surface area contributed by atoms with Gasteiger partial charge in [0.25, 0.3) is 0 Å². The van der Waals surface area contributed by atoms with Crippen molar-refractivity contribution in [3.8, 4) is 34.2 Å². The van der Waals surface area contributed by atoms with Crippen LogP contribution in [-0.2, 0) is 14.3 Å². The van der Waals surface area contributed by atoms with Crippen molar-refractivity contribution >= 4 is 17.4 Å². The molecule has 0 amide bonds. The van der Waals surface area contributed by atoms with Gasteiger partial charge in [-0.05, 0) is 103 Å². The van der Waals surface area contributed by atoms with Gasteiger partial charge in [-0.2, -0.15) is 14.9 Å². The monoisotopic (exact) mass is 651 g/mol. The van der Waals surface area contributed by atoms with Crippen molar-refractivity contribution < 1.29 is 24.1 Å². The quantitative estimate of drug-likeness (QED) is 0.240. The topological polar surface area (TPSA) is 122 Å². The predicted molar refractivity (Wildman–Crippen MR) is 184 cm³/mol. The highest BCUT2D eigenvalue weighted by atomic mass is 16.5. The van der Waals surface area contributed by atoms with E-state index in [2.05, 4.69) is 24.8 Å². The second-order valence-electron chi connectivity index (χ2n) is 14.3. The van der Waals surface area contributed by atoms with Crippen LogP contribution in [0.25, 0.3) is 28.0 Å². The highest BCUT2D eigenvalue weighted by Crippen LogP contribution is 2.39. The largest absolute Gasteiger partial charge is 0.490 e. The maximum Gasteiger partial charge on any atom is 0.337 e. The summed E-state index contributed by atoms with van der Waals surface area (Å²) in [4.78, 5) is 19.9. The number of aliphatic carboxylic acids is 1. The van der Waals surface area contributed by atoms with Gasteiger partial charge in [0, 0.05) is 42.6 Å². The second-order valence-corrected chi connectivity index (χ2v) is 14.3. The zero-order valence-corrected chi connectivity index (χ0v) is 28.7. The molecule has 2 aromatic carbocycles. The van der Waals surface area contributed by atoms with Gasteiger partial charge < -0.3 is 24.2 Å². The van der Waals surface area contributed by atoms with Crippen LogP contribution in [0.5, 0.6) is 5.75 Å². The normalized spacial score (nSPS) is 20.9. The SMILES string of the molecule is Cc1nc2cc3nn2c(c1[C@H](OC(C)(C)C)C(=O)O)N1CCC(C)(CC1)OCCCC[C@@H](C)Oc1ccc(C#N)cc1-c1cccc-3c1. The third kappa shape index (κ3) is 7.03. The summed E-state index contributed by atoms with van der Waals surface area (Å²) < 4.78 is 20.9. The van der Waals surface area contributed by atoms with E-state index in [-0.39, 0.29) is 11.7 Å². The van der Waals surface area contributed by atoms with Crippen molar-refractivity contribution in [3.05, 3.63) is 65.4 Å². The highest BCUT2D eigenvalue weighted by Gasteiger charge is 2.38. The molecule has 10 nitrogen and oxygen atoms in total. The molecular formula is C38H45N5O5. The number of carbonyl (C=O) groups is 1. The lowest BCUT2D eigenvalue weighted by Gasteiger charge is -2.41. The van der Waals surface area contributed by atoms with Gasteiger partial charge in [0.05, 0.1) is 40.2 Å². The van der Waals surface area contributed by atoms with Gasteiger partial charge in [0.2, 0.25) is 0 Å². The molecule has 5 heterocycles. The van der Waals surface area contributed by atoms with E-state index in [0.717, 1.165) is 54.5 Å². The number of aryl methyl sites for hydroxylation is 1. The van der Waals surface area contributed by atoms with Crippen molar-refractivity contribution in [2.45, 2.75) is 97.1 Å². The molecule has 48 heavy (non-hydrogen) atoms. The Morgan fingerprint density at radius 2 is 1.88 bits per heavy atom. The molecule has 0 radical (unpaired) electrons. The Balaban J connectivity index is 1.54. The van der Waals surface area contributed by atoms with Gasteiger partial charge in [-0.15, -0.1) is 0 Å². The Hall–Kier alpha value is -4.46. The fraction of sp³-hybridized carbons (Fsp3) is 0.474. The molecule has 0 spiro atoms. The number of ether oxygens (including phenoxy) is 3. The molecule has 0 unspecified atom stereocenters. The summed E-state index contributed by atoms with van der Waals surface area (Å²) in [6.45, 7) is 13.7. The molecule has 1 fully saturated rings. The van der Waals surface area contributed by atoms with E-state index in [1.807, 2.05) is 70.2 Å². The zero-order chi connectivity index (χ0) is 34.2. The fourth-order valence-corrected chi connectivity index (χ4v) is 6.69. The molecule has 2 atom stereocenters. The van der Waals surface area contributed by atoms with Crippen LogP contribution in [0.2, 0.25) is 0 Å². The molecule has 7 rings (SSSR count). The smallest absolute Gasteiger partial charge is 0.337 e. The number of anilines is 1. The number of carboxylic acid groups (broad SMARTS) is 1. The molecule has 0 aliphatic carbocycles. The van der Waals surface area contributed by atoms with E-state index in [1.165, 1.54) is 0 Å². The van der Waals surface area contributed by atoms with Crippen LogP contribution in [0.15, 0.2) is 48.5 Å². The Labute approximate surface area is 282 Å². The Morgan fingerprint density at radius 1 is 1.12 bits per heavy atom. The van der Waals surface area contributed by atoms with E-state index < -0.39 is 17.7 Å². The lowest BCUT2D eigenvalue weighted by atomic mass is 9.92. The molecule has 252 valence electrons. The van der Waals surface area contributed by atoms with Gasteiger partial charge in [-0.1, -0.05) is 18.2 Å². The van der Waals surface area contributed by atoms with Crippen molar-refractivity contribution in [3.63, 3.8) is 0 Å². The zero-order valence-electron chi connectivity index (χ0n) is 28.7. The van der Waals surface area contributed by atoms with Gasteiger partial charge in [-0.3, -0.25) is 0 Å². The third-order valence-electron chi connectivity index (χ3n) is 9.24. The van der Waals surface area contributed by atoms with E-state index in [0.29, 0.717) is 53.7 Å². The predicted octanol–water partition coefficient (Wildman–Crippen LogP) is 7.51. The number of hydrogen-bond acceptors (Lipinski definition) is 8. The highest BCUT2D eigenvalue weighted by molar-refractivity contribution is 5.80. The summed E-state index contributed by atoms with van der Waals surface area (Å²) in [7, 11) is 0. The number of nitrogens with zero attached hydrogens (tertiary/aromatic N) is 5. The van der Waals surface area contributed by atoms with Crippen molar-refractivity contribution in [2.24, 2.45) is 0 Å². The van der Waals surface area contributed by atoms with Crippen molar-refractivity contribution in [1.29, 1.82) is 5.26 Å². The molecule has 10 heteroatoms. The van der Waals surface area contributed by atoms with Crippen LogP contribution in [-0.4, -0.2) is 62.7 Å². The number of hydrogen-bond donors (Lipinski definition) is 1. The van der Waals surface area contributed by atoms with Gasteiger partial charge >= 0.3 is 5.97 Å². The minimum Gasteiger partial charge on any atom is -0.490 e. The van der Waals surface area contributed by atoms with E-state index in [4.69, 9.17) is 24.3 Å².